The van der Waals surface area contributed by atoms with Crippen molar-refractivity contribution in [2.24, 2.45) is 0 Å². The maximum atomic E-state index is 13.8. The molecule has 0 amide bonds. The Morgan fingerprint density at radius 2 is 2.00 bits per heavy atom. The maximum Gasteiger partial charge on any atom is 0.152 e. The molecule has 2 rings (SSSR count). The predicted octanol–water partition coefficient (Wildman–Crippen LogP) is 2.47. The summed E-state index contributed by atoms with van der Waals surface area (Å²) in [6, 6.07) is 2.62. The van der Waals surface area contributed by atoms with Crippen LogP contribution < -0.4 is 5.32 Å². The normalized spacial score (nSPS) is 10.8. The number of hydrogen-bond acceptors (Lipinski definition) is 2. The summed E-state index contributed by atoms with van der Waals surface area (Å²) in [5, 5.41) is 6.74. The van der Waals surface area contributed by atoms with Crippen molar-refractivity contribution in [3.63, 3.8) is 0 Å². The van der Waals surface area contributed by atoms with Crippen LogP contribution in [0.25, 0.3) is 5.69 Å². The molecule has 3 nitrogen and oxygen atoms in total. The largest absolute Gasteiger partial charge is 0.316 e. The Bertz CT molecular complexity index is 516. The molecule has 90 valence electrons. The molecule has 0 unspecified atom stereocenters. The minimum absolute atomic E-state index is 0.146. The molecule has 2 aromatic rings. The molecule has 1 aromatic carbocycles. The number of hydrogen-bond donors (Lipinski definition) is 1. The minimum Gasteiger partial charge on any atom is -0.316 e. The van der Waals surface area contributed by atoms with Gasteiger partial charge >= 0.3 is 0 Å². The van der Waals surface area contributed by atoms with E-state index < -0.39 is 11.6 Å². The summed E-state index contributed by atoms with van der Waals surface area (Å²) >= 11 is 2.03. The average molecular weight is 349 g/mol. The van der Waals surface area contributed by atoms with E-state index in [1.807, 2.05) is 22.6 Å². The summed E-state index contributed by atoms with van der Waals surface area (Å²) in [7, 11) is 1.72. The molecule has 1 heterocycles. The molecule has 1 N–H and O–H groups in total. The van der Waals surface area contributed by atoms with Crippen LogP contribution in [0.3, 0.4) is 0 Å². The van der Waals surface area contributed by atoms with Crippen molar-refractivity contribution in [3.8, 4) is 5.69 Å². The fourth-order valence-corrected chi connectivity index (χ4v) is 1.95. The van der Waals surface area contributed by atoms with Crippen LogP contribution in [-0.2, 0) is 6.54 Å². The van der Waals surface area contributed by atoms with Crippen molar-refractivity contribution in [2.45, 2.75) is 6.54 Å². The van der Waals surface area contributed by atoms with Crippen molar-refractivity contribution < 1.29 is 8.78 Å². The number of aromatic nitrogens is 2. The molecule has 0 saturated heterocycles. The first-order valence-electron chi connectivity index (χ1n) is 4.95. The lowest BCUT2D eigenvalue weighted by Gasteiger charge is -2.07. The van der Waals surface area contributed by atoms with Gasteiger partial charge in [-0.2, -0.15) is 5.10 Å². The second kappa shape index (κ2) is 5.09. The van der Waals surface area contributed by atoms with Crippen LogP contribution in [0, 0.1) is 15.2 Å². The SMILES string of the molecule is CNCc1cc(F)c(-n2cc(I)cn2)c(F)c1. The van der Waals surface area contributed by atoms with Gasteiger partial charge in [0.25, 0.3) is 0 Å². The molecule has 0 bridgehead atoms. The van der Waals surface area contributed by atoms with Crippen molar-refractivity contribution in [1.82, 2.24) is 15.1 Å². The fraction of sp³-hybridized carbons (Fsp3) is 0.182. The summed E-state index contributed by atoms with van der Waals surface area (Å²) in [6.45, 7) is 0.421. The molecule has 0 atom stereocenters. The zero-order valence-electron chi connectivity index (χ0n) is 9.04. The number of nitrogens with zero attached hydrogens (tertiary/aromatic N) is 2. The van der Waals surface area contributed by atoms with Crippen molar-refractivity contribution >= 4 is 22.6 Å². The lowest BCUT2D eigenvalue weighted by molar-refractivity contribution is 0.555. The first-order chi connectivity index (χ1) is 8.11. The molecule has 0 radical (unpaired) electrons. The predicted molar refractivity (Wildman–Crippen MR) is 69.0 cm³/mol. The van der Waals surface area contributed by atoms with Crippen LogP contribution in [0.2, 0.25) is 0 Å². The lowest BCUT2D eigenvalue weighted by atomic mass is 10.2. The number of halogens is 3. The number of rotatable bonds is 3. The molecule has 0 fully saturated rings. The highest BCUT2D eigenvalue weighted by atomic mass is 127. The van der Waals surface area contributed by atoms with E-state index in [2.05, 4.69) is 10.4 Å². The molecular weight excluding hydrogens is 339 g/mol. The third-order valence-corrected chi connectivity index (χ3v) is 2.79. The van der Waals surface area contributed by atoms with Crippen LogP contribution >= 0.6 is 22.6 Å². The monoisotopic (exact) mass is 349 g/mol. The average Bonchev–Trinajstić information content (AvgIpc) is 2.64. The van der Waals surface area contributed by atoms with Gasteiger partial charge < -0.3 is 5.32 Å². The van der Waals surface area contributed by atoms with Crippen LogP contribution in [-0.4, -0.2) is 16.8 Å². The highest BCUT2D eigenvalue weighted by Gasteiger charge is 2.13. The van der Waals surface area contributed by atoms with Crippen LogP contribution in [0.1, 0.15) is 5.56 Å². The van der Waals surface area contributed by atoms with Gasteiger partial charge in [-0.15, -0.1) is 0 Å². The molecule has 17 heavy (non-hydrogen) atoms. The van der Waals surface area contributed by atoms with E-state index in [0.29, 0.717) is 12.1 Å². The van der Waals surface area contributed by atoms with Crippen LogP contribution in [0.15, 0.2) is 24.5 Å². The Balaban J connectivity index is 2.48. The van der Waals surface area contributed by atoms with Crippen LogP contribution in [0.4, 0.5) is 8.78 Å². The summed E-state index contributed by atoms with van der Waals surface area (Å²) in [5.41, 5.74) is 0.417. The molecule has 0 aliphatic rings. The molecular formula is C11H10F2IN3. The highest BCUT2D eigenvalue weighted by Crippen LogP contribution is 2.20. The van der Waals surface area contributed by atoms with E-state index in [4.69, 9.17) is 0 Å². The molecule has 0 aliphatic carbocycles. The number of benzene rings is 1. The number of nitrogens with one attached hydrogen (secondary N) is 1. The molecule has 0 saturated carbocycles. The van der Waals surface area contributed by atoms with Crippen molar-refractivity contribution in [3.05, 3.63) is 45.3 Å². The van der Waals surface area contributed by atoms with E-state index in [0.717, 1.165) is 3.57 Å². The quantitative estimate of drug-likeness (QED) is 0.863. The first-order valence-corrected chi connectivity index (χ1v) is 6.02. The van der Waals surface area contributed by atoms with Gasteiger partial charge in [-0.3, -0.25) is 0 Å². The van der Waals surface area contributed by atoms with Gasteiger partial charge in [0.1, 0.15) is 5.69 Å². The van der Waals surface area contributed by atoms with Gasteiger partial charge in [-0.25, -0.2) is 13.5 Å². The Morgan fingerprint density at radius 3 is 2.47 bits per heavy atom. The van der Waals surface area contributed by atoms with E-state index in [1.54, 1.807) is 19.4 Å². The summed E-state index contributed by atoms with van der Waals surface area (Å²) in [4.78, 5) is 0. The van der Waals surface area contributed by atoms with Gasteiger partial charge in [-0.1, -0.05) is 0 Å². The molecule has 6 heteroatoms. The third-order valence-electron chi connectivity index (χ3n) is 2.24. The minimum atomic E-state index is -0.616. The standard InChI is InChI=1S/C11H10F2IN3/c1-15-4-7-2-9(12)11(10(13)3-7)17-6-8(14)5-16-17/h2-3,5-6,15H,4H2,1H3. The maximum absolute atomic E-state index is 13.8. The van der Waals surface area contributed by atoms with Gasteiger partial charge in [0.05, 0.1) is 9.77 Å². The molecule has 0 aliphatic heterocycles. The fourth-order valence-electron chi connectivity index (χ4n) is 1.57. The van der Waals surface area contributed by atoms with Crippen molar-refractivity contribution in [1.29, 1.82) is 0 Å². The second-order valence-electron chi connectivity index (χ2n) is 3.54. The third kappa shape index (κ3) is 2.63. The molecule has 0 spiro atoms. The second-order valence-corrected chi connectivity index (χ2v) is 4.79. The Labute approximate surface area is 111 Å². The smallest absolute Gasteiger partial charge is 0.152 e. The van der Waals surface area contributed by atoms with Gasteiger partial charge in [0.15, 0.2) is 11.6 Å². The van der Waals surface area contributed by atoms with E-state index in [9.17, 15) is 8.78 Å². The highest BCUT2D eigenvalue weighted by molar-refractivity contribution is 14.1. The van der Waals surface area contributed by atoms with E-state index in [1.165, 1.54) is 16.8 Å². The summed E-state index contributed by atoms with van der Waals surface area (Å²) < 4.78 is 29.6. The summed E-state index contributed by atoms with van der Waals surface area (Å²) in [6.07, 6.45) is 3.11. The van der Waals surface area contributed by atoms with Crippen molar-refractivity contribution in [2.75, 3.05) is 7.05 Å². The Hall–Kier alpha value is -1.02. The topological polar surface area (TPSA) is 29.9 Å². The lowest BCUT2D eigenvalue weighted by Crippen LogP contribution is -2.08. The Kier molecular flexibility index (Phi) is 3.72. The summed E-state index contributed by atoms with van der Waals surface area (Å²) in [5.74, 6) is -1.23. The zero-order chi connectivity index (χ0) is 12.4. The van der Waals surface area contributed by atoms with E-state index in [-0.39, 0.29) is 5.69 Å². The first kappa shape index (κ1) is 12.4. The van der Waals surface area contributed by atoms with Gasteiger partial charge in [0.2, 0.25) is 0 Å². The van der Waals surface area contributed by atoms with E-state index >= 15 is 0 Å². The van der Waals surface area contributed by atoms with Crippen LogP contribution in [0.5, 0.6) is 0 Å². The van der Waals surface area contributed by atoms with Gasteiger partial charge in [0, 0.05) is 12.7 Å². The Morgan fingerprint density at radius 1 is 1.35 bits per heavy atom. The zero-order valence-corrected chi connectivity index (χ0v) is 11.2. The molecule has 1 aromatic heterocycles. The van der Waals surface area contributed by atoms with Gasteiger partial charge in [-0.05, 0) is 47.3 Å².